The van der Waals surface area contributed by atoms with Crippen molar-refractivity contribution in [3.05, 3.63) is 64.6 Å². The molecule has 0 aliphatic heterocycles. The summed E-state index contributed by atoms with van der Waals surface area (Å²) in [6.07, 6.45) is 4.64. The number of aliphatic hydroxyl groups is 1. The molecule has 0 aromatic heterocycles. The van der Waals surface area contributed by atoms with Gasteiger partial charge in [0.25, 0.3) is 0 Å². The number of halogens is 1. The van der Waals surface area contributed by atoms with Crippen molar-refractivity contribution in [1.82, 2.24) is 0 Å². The Morgan fingerprint density at radius 3 is 2.06 bits per heavy atom. The van der Waals surface area contributed by atoms with Crippen LogP contribution in [0, 0.1) is 0 Å². The Labute approximate surface area is 209 Å². The molecule has 0 bridgehead atoms. The molecule has 0 aliphatic rings. The van der Waals surface area contributed by atoms with Crippen LogP contribution in [0.5, 0.6) is 0 Å². The summed E-state index contributed by atoms with van der Waals surface area (Å²) in [5.74, 6) is 0. The lowest BCUT2D eigenvalue weighted by atomic mass is 9.88. The van der Waals surface area contributed by atoms with E-state index in [2.05, 4.69) is 28.1 Å². The molecule has 0 heterocycles. The van der Waals surface area contributed by atoms with Crippen LogP contribution in [-0.4, -0.2) is 30.5 Å². The van der Waals surface area contributed by atoms with Crippen molar-refractivity contribution in [2.75, 3.05) is 6.61 Å². The van der Waals surface area contributed by atoms with E-state index in [0.29, 0.717) is 13.0 Å². The first-order valence-electron chi connectivity index (χ1n) is 11.9. The lowest BCUT2D eigenvalue weighted by Gasteiger charge is -2.33. The van der Waals surface area contributed by atoms with Crippen molar-refractivity contribution < 1.29 is 18.3 Å². The molecule has 2 rings (SSSR count). The van der Waals surface area contributed by atoms with E-state index < -0.39 is 20.2 Å². The average molecular weight is 542 g/mol. The Hall–Kier alpha value is -1.21. The molecule has 2 aromatic carbocycles. The highest BCUT2D eigenvalue weighted by Crippen LogP contribution is 2.35. The standard InChI is InChI=1S/C25H35BrO4S.C2H6/c1-24(2,31(28,29)23-15-13-22(26)14-16-23)20-25(3,27)17-9-4-5-10-18-30-19-21-11-7-6-8-12-21;1-2/h6-8,11-16,27H,4-5,9-10,17-20H2,1-3H3;1-2H3. The topological polar surface area (TPSA) is 63.6 Å². The van der Waals surface area contributed by atoms with Crippen molar-refractivity contribution in [3.8, 4) is 0 Å². The molecule has 0 fully saturated rings. The van der Waals surface area contributed by atoms with Crippen LogP contribution in [0.15, 0.2) is 64.0 Å². The fraction of sp³-hybridized carbons (Fsp3) is 0.556. The molecular formula is C27H41BrO4S. The van der Waals surface area contributed by atoms with E-state index in [1.54, 1.807) is 45.0 Å². The van der Waals surface area contributed by atoms with E-state index >= 15 is 0 Å². The number of benzene rings is 2. The number of hydrogen-bond acceptors (Lipinski definition) is 4. The molecule has 33 heavy (non-hydrogen) atoms. The van der Waals surface area contributed by atoms with Crippen LogP contribution in [0.3, 0.4) is 0 Å². The molecule has 186 valence electrons. The zero-order valence-corrected chi connectivity index (χ0v) is 23.2. The Bertz CT molecular complexity index is 891. The monoisotopic (exact) mass is 540 g/mol. The third-order valence-corrected chi connectivity index (χ3v) is 8.54. The van der Waals surface area contributed by atoms with Gasteiger partial charge in [-0.25, -0.2) is 8.42 Å². The van der Waals surface area contributed by atoms with Crippen LogP contribution in [0.2, 0.25) is 0 Å². The molecule has 2 aromatic rings. The van der Waals surface area contributed by atoms with Gasteiger partial charge in [-0.1, -0.05) is 79.4 Å². The van der Waals surface area contributed by atoms with E-state index in [4.69, 9.17) is 4.74 Å². The van der Waals surface area contributed by atoms with Gasteiger partial charge in [-0.05, 0) is 69.9 Å². The molecule has 1 N–H and O–H groups in total. The fourth-order valence-corrected chi connectivity index (χ4v) is 5.76. The van der Waals surface area contributed by atoms with Gasteiger partial charge in [-0.2, -0.15) is 0 Å². The van der Waals surface area contributed by atoms with Crippen LogP contribution in [-0.2, 0) is 21.2 Å². The lowest BCUT2D eigenvalue weighted by molar-refractivity contribution is 0.0306. The third kappa shape index (κ3) is 10.3. The van der Waals surface area contributed by atoms with Crippen molar-refractivity contribution in [2.45, 2.75) is 95.0 Å². The second-order valence-electron chi connectivity index (χ2n) is 9.09. The maximum absolute atomic E-state index is 13.1. The predicted molar refractivity (Wildman–Crippen MR) is 141 cm³/mol. The molecule has 0 aliphatic carbocycles. The number of ether oxygens (including phenoxy) is 1. The normalized spacial score (nSPS) is 13.7. The van der Waals surface area contributed by atoms with E-state index in [1.165, 1.54) is 5.56 Å². The summed E-state index contributed by atoms with van der Waals surface area (Å²) in [5.41, 5.74) is 0.148. The Morgan fingerprint density at radius 2 is 1.45 bits per heavy atom. The number of rotatable bonds is 13. The van der Waals surface area contributed by atoms with Crippen molar-refractivity contribution in [3.63, 3.8) is 0 Å². The smallest absolute Gasteiger partial charge is 0.183 e. The molecular weight excluding hydrogens is 500 g/mol. The Balaban J connectivity index is 0.00000265. The van der Waals surface area contributed by atoms with Crippen molar-refractivity contribution in [1.29, 1.82) is 0 Å². The van der Waals surface area contributed by atoms with Gasteiger partial charge in [0.05, 0.1) is 21.9 Å². The van der Waals surface area contributed by atoms with Crippen LogP contribution in [0.1, 0.15) is 78.7 Å². The summed E-state index contributed by atoms with van der Waals surface area (Å²) in [4.78, 5) is 0.284. The summed E-state index contributed by atoms with van der Waals surface area (Å²) >= 11 is 3.33. The molecule has 0 radical (unpaired) electrons. The largest absolute Gasteiger partial charge is 0.390 e. The molecule has 0 amide bonds. The molecule has 1 atom stereocenters. The molecule has 0 saturated heterocycles. The maximum atomic E-state index is 13.1. The van der Waals surface area contributed by atoms with Gasteiger partial charge in [-0.3, -0.25) is 0 Å². The van der Waals surface area contributed by atoms with E-state index in [0.717, 1.165) is 36.8 Å². The van der Waals surface area contributed by atoms with Crippen LogP contribution in [0.4, 0.5) is 0 Å². The average Bonchev–Trinajstić information content (AvgIpc) is 2.77. The van der Waals surface area contributed by atoms with E-state index in [9.17, 15) is 13.5 Å². The van der Waals surface area contributed by atoms with Gasteiger partial charge in [0, 0.05) is 11.1 Å². The van der Waals surface area contributed by atoms with E-state index in [1.807, 2.05) is 32.0 Å². The first kappa shape index (κ1) is 29.8. The fourth-order valence-electron chi connectivity index (χ4n) is 3.86. The SMILES string of the molecule is CC.CC(O)(CCCCCCOCc1ccccc1)CC(C)(C)S(=O)(=O)c1ccc(Br)cc1. The maximum Gasteiger partial charge on any atom is 0.183 e. The summed E-state index contributed by atoms with van der Waals surface area (Å²) in [5, 5.41) is 10.9. The summed E-state index contributed by atoms with van der Waals surface area (Å²) in [6, 6.07) is 16.8. The highest BCUT2D eigenvalue weighted by atomic mass is 79.9. The van der Waals surface area contributed by atoms with Gasteiger partial charge < -0.3 is 9.84 Å². The summed E-state index contributed by atoms with van der Waals surface area (Å²) < 4.78 is 31.6. The molecule has 0 spiro atoms. The predicted octanol–water partition coefficient (Wildman–Crippen LogP) is 7.34. The minimum absolute atomic E-state index is 0.193. The van der Waals surface area contributed by atoms with Crippen molar-refractivity contribution in [2.24, 2.45) is 0 Å². The zero-order valence-electron chi connectivity index (χ0n) is 20.8. The van der Waals surface area contributed by atoms with E-state index in [-0.39, 0.29) is 11.3 Å². The second kappa shape index (κ2) is 14.2. The van der Waals surface area contributed by atoms with Crippen LogP contribution in [0.25, 0.3) is 0 Å². The molecule has 6 heteroatoms. The van der Waals surface area contributed by atoms with Gasteiger partial charge >= 0.3 is 0 Å². The zero-order chi connectivity index (χ0) is 25.0. The second-order valence-corrected chi connectivity index (χ2v) is 12.6. The quantitative estimate of drug-likeness (QED) is 0.270. The Kier molecular flexibility index (Phi) is 12.9. The highest BCUT2D eigenvalue weighted by Gasteiger charge is 2.41. The van der Waals surface area contributed by atoms with Gasteiger partial charge in [-0.15, -0.1) is 0 Å². The van der Waals surface area contributed by atoms with Gasteiger partial charge in [0.2, 0.25) is 0 Å². The lowest BCUT2D eigenvalue weighted by Crippen LogP contribution is -2.41. The minimum atomic E-state index is -3.55. The van der Waals surface area contributed by atoms with Gasteiger partial charge in [0.15, 0.2) is 9.84 Å². The third-order valence-electron chi connectivity index (χ3n) is 5.52. The number of unbranched alkanes of at least 4 members (excludes halogenated alkanes) is 3. The van der Waals surface area contributed by atoms with Crippen LogP contribution < -0.4 is 0 Å². The van der Waals surface area contributed by atoms with Gasteiger partial charge in [0.1, 0.15) is 0 Å². The molecule has 1 unspecified atom stereocenters. The summed E-state index contributed by atoms with van der Waals surface area (Å²) in [6.45, 7) is 10.5. The molecule has 0 saturated carbocycles. The van der Waals surface area contributed by atoms with Crippen LogP contribution >= 0.6 is 15.9 Å². The minimum Gasteiger partial charge on any atom is -0.390 e. The highest BCUT2D eigenvalue weighted by molar-refractivity contribution is 9.10. The number of sulfone groups is 1. The Morgan fingerprint density at radius 1 is 0.879 bits per heavy atom. The molecule has 4 nitrogen and oxygen atoms in total. The van der Waals surface area contributed by atoms with Crippen molar-refractivity contribution >= 4 is 25.8 Å². The number of hydrogen-bond donors (Lipinski definition) is 1. The first-order valence-corrected chi connectivity index (χ1v) is 14.2. The summed E-state index contributed by atoms with van der Waals surface area (Å²) in [7, 11) is -3.55. The first-order chi connectivity index (χ1) is 15.5.